The molecule has 20 heteroatoms. The van der Waals surface area contributed by atoms with Crippen LogP contribution < -0.4 is 4.72 Å². The third-order valence-electron chi connectivity index (χ3n) is 14.7. The molecule has 420 valence electrons. The Labute approximate surface area is 439 Å². The van der Waals surface area contributed by atoms with Crippen molar-refractivity contribution in [2.24, 2.45) is 29.6 Å². The maximum Gasteiger partial charge on any atom is 0.328 e. The summed E-state index contributed by atoms with van der Waals surface area (Å²) in [6.07, 6.45) is 8.98. The molecule has 14 atom stereocenters. The van der Waals surface area contributed by atoms with E-state index in [4.69, 9.17) is 33.2 Å². The fourth-order valence-electron chi connectivity index (χ4n) is 9.70. The average molecular weight is 1070 g/mol. The predicted octanol–water partition coefficient (Wildman–Crippen LogP) is 4.91. The van der Waals surface area contributed by atoms with Gasteiger partial charge in [-0.3, -0.25) is 24.0 Å². The molecule has 1 saturated heterocycles. The summed E-state index contributed by atoms with van der Waals surface area (Å²) in [4.78, 5) is 83.3. The van der Waals surface area contributed by atoms with Gasteiger partial charge in [-0.25, -0.2) is 17.9 Å². The minimum absolute atomic E-state index is 0.0305. The largest absolute Gasteiger partial charge is 0.465 e. The number of carbonyl (C=O) groups is 6. The molecule has 1 amide bonds. The lowest BCUT2D eigenvalue weighted by Crippen LogP contribution is -2.59. The van der Waals surface area contributed by atoms with E-state index in [-0.39, 0.29) is 62.0 Å². The second-order valence-electron chi connectivity index (χ2n) is 20.4. The second kappa shape index (κ2) is 30.7. The normalized spacial score (nSPS) is 35.2. The van der Waals surface area contributed by atoms with Crippen LogP contribution in [-0.2, 0) is 71.9 Å². The van der Waals surface area contributed by atoms with Crippen molar-refractivity contribution in [1.29, 1.82) is 0 Å². The van der Waals surface area contributed by atoms with Crippen molar-refractivity contribution >= 4 is 45.2 Å². The fraction of sp³-hybridized carbons (Fsp3) is 0.741. The summed E-state index contributed by atoms with van der Waals surface area (Å²) in [6, 6.07) is -2.40. The predicted molar refractivity (Wildman–Crippen MR) is 276 cm³/mol. The smallest absolute Gasteiger partial charge is 0.328 e. The lowest BCUT2D eigenvalue weighted by molar-refractivity contribution is -0.263. The zero-order chi connectivity index (χ0) is 55.5. The van der Waals surface area contributed by atoms with Crippen LogP contribution in [0.3, 0.4) is 0 Å². The first-order chi connectivity index (χ1) is 34.8. The first kappa shape index (κ1) is 64.3. The summed E-state index contributed by atoms with van der Waals surface area (Å²) >= 11 is 0. The van der Waals surface area contributed by atoms with Crippen LogP contribution in [0.5, 0.6) is 0 Å². The van der Waals surface area contributed by atoms with Gasteiger partial charge in [-0.2, -0.15) is 0 Å². The molecular weight excluding hydrogens is 981 g/mol. The molecule has 0 spiro atoms. The number of aliphatic hydroxyl groups excluding tert-OH is 1. The van der Waals surface area contributed by atoms with Crippen LogP contribution in [0.4, 0.5) is 0 Å². The Kier molecular flexibility index (Phi) is 26.7. The number of methoxy groups -OCH3 is 3. The van der Waals surface area contributed by atoms with Crippen molar-refractivity contribution in [3.8, 4) is 0 Å². The second-order valence-corrected chi connectivity index (χ2v) is 22.2. The number of cyclic esters (lactones) is 1. The highest BCUT2D eigenvalue weighted by molar-refractivity contribution is 7.90. The van der Waals surface area contributed by atoms with Gasteiger partial charge in [0.15, 0.2) is 11.5 Å². The molecule has 7 unspecified atom stereocenters. The van der Waals surface area contributed by atoms with E-state index in [2.05, 4.69) is 4.72 Å². The third-order valence-corrected chi connectivity index (χ3v) is 16.0. The first-order valence-electron chi connectivity index (χ1n) is 26.0. The SMILES string of the molecule is CCOC(=O)CS(=O)(=O)NC1C[C@H]2CC[C@H](C)[C@](O)(O2)C(=O)C(=O)N(C)C(C)C(=O)OC([C@H](C)C[C@@H]2CC[C@@H](OCCOC)[C@H](OC)C2)CC(=O)C(C)/C=C(/C)C(O)C(OC)C(=O)C(C)CC\C=C/C=C\C=C/1C. The lowest BCUT2D eigenvalue weighted by atomic mass is 9.78. The Morgan fingerprint density at radius 2 is 1.62 bits per heavy atom. The number of hydrogen-bond donors (Lipinski definition) is 3. The number of rotatable bonds is 14. The van der Waals surface area contributed by atoms with Gasteiger partial charge in [0.25, 0.3) is 11.7 Å². The van der Waals surface area contributed by atoms with Crippen LogP contribution in [0.25, 0.3) is 0 Å². The number of allylic oxidation sites excluding steroid dienone is 6. The van der Waals surface area contributed by atoms with Crippen molar-refractivity contribution in [3.05, 3.63) is 47.6 Å². The summed E-state index contributed by atoms with van der Waals surface area (Å²) in [5.41, 5.74) is 0.821. The van der Waals surface area contributed by atoms with E-state index in [0.29, 0.717) is 56.5 Å². The standard InChI is InChI=1S/C54H86N2O17S/c1-13-70-47(58)32-74(65,66)55-42-30-41-23-21-38(7)54(64,73-41)51(61)52(62)56(9)39(8)53(63)72-45(36(5)28-40-22-24-44(46(29-40)68-11)71-26-25-67-10)31-43(57)35(4)27-37(6)49(60)50(69-12)48(59)34(3)20-18-16-14-15-17-19-33(42)2/h14-17,19,27,34-36,38-42,44-46,49-50,55,60,64H,13,18,20-26,28-32H2,1-12H3/b16-14-,17-15-,33-19-,37-27-/t34?,35?,36-,38+,39?,40+,41-,42?,44-,45?,46-,49?,50?,54+/m1/s1. The van der Waals surface area contributed by atoms with Crippen LogP contribution in [0, 0.1) is 29.6 Å². The van der Waals surface area contributed by atoms with Crippen LogP contribution in [-0.4, -0.2) is 167 Å². The van der Waals surface area contributed by atoms with Gasteiger partial charge in [-0.15, -0.1) is 0 Å². The minimum atomic E-state index is -4.29. The number of hydrogen-bond acceptors (Lipinski definition) is 17. The molecule has 3 aliphatic rings. The Balaban J connectivity index is 2.05. The van der Waals surface area contributed by atoms with E-state index in [0.717, 1.165) is 11.3 Å². The van der Waals surface area contributed by atoms with E-state index in [1.54, 1.807) is 79.2 Å². The average Bonchev–Trinajstić information content (AvgIpc) is 3.35. The van der Waals surface area contributed by atoms with Gasteiger partial charge in [0.2, 0.25) is 15.8 Å². The quantitative estimate of drug-likeness (QED) is 0.0904. The summed E-state index contributed by atoms with van der Waals surface area (Å²) < 4.78 is 68.7. The molecule has 0 aromatic heterocycles. The number of nitrogens with one attached hydrogen (secondary N) is 1. The fourth-order valence-corrected chi connectivity index (χ4v) is 10.9. The maximum absolute atomic E-state index is 14.2. The Morgan fingerprint density at radius 3 is 2.27 bits per heavy atom. The van der Waals surface area contributed by atoms with Gasteiger partial charge in [0.1, 0.15) is 30.1 Å². The summed E-state index contributed by atoms with van der Waals surface area (Å²) in [7, 11) is 1.49. The van der Waals surface area contributed by atoms with Crippen LogP contribution >= 0.6 is 0 Å². The van der Waals surface area contributed by atoms with Crippen molar-refractivity contribution < 1.29 is 80.6 Å². The zero-order valence-electron chi connectivity index (χ0n) is 45.7. The van der Waals surface area contributed by atoms with Crippen molar-refractivity contribution in [3.63, 3.8) is 0 Å². The van der Waals surface area contributed by atoms with E-state index in [1.807, 2.05) is 13.0 Å². The summed E-state index contributed by atoms with van der Waals surface area (Å²) in [5.74, 6) is -11.3. The maximum atomic E-state index is 14.2. The van der Waals surface area contributed by atoms with Gasteiger partial charge in [0.05, 0.1) is 38.1 Å². The molecule has 3 rings (SSSR count). The molecule has 1 saturated carbocycles. The molecule has 2 fully saturated rings. The van der Waals surface area contributed by atoms with Crippen LogP contribution in [0.15, 0.2) is 47.6 Å². The number of ketones is 3. The Morgan fingerprint density at radius 1 is 0.919 bits per heavy atom. The number of likely N-dealkylation sites (N-methyl/N-ethyl adjacent to an activating group) is 1. The number of esters is 2. The van der Waals surface area contributed by atoms with Crippen molar-refractivity contribution in [1.82, 2.24) is 9.62 Å². The number of nitrogens with zero attached hydrogens (tertiary/aromatic N) is 1. The number of sulfonamides is 1. The van der Waals surface area contributed by atoms with E-state index in [9.17, 15) is 47.4 Å². The molecular formula is C54H86N2O17S. The molecule has 74 heavy (non-hydrogen) atoms. The van der Waals surface area contributed by atoms with E-state index < -0.39 is 105 Å². The van der Waals surface area contributed by atoms with Gasteiger partial charge < -0.3 is 48.3 Å². The van der Waals surface area contributed by atoms with Crippen molar-refractivity contribution in [2.75, 3.05) is 54.0 Å². The number of carbonyl (C=O) groups excluding carboxylic acids is 6. The zero-order valence-corrected chi connectivity index (χ0v) is 46.6. The summed E-state index contributed by atoms with van der Waals surface area (Å²) in [6.45, 7) is 13.8. The third kappa shape index (κ3) is 18.9. The highest BCUT2D eigenvalue weighted by atomic mass is 32.2. The van der Waals surface area contributed by atoms with Crippen molar-refractivity contribution in [2.45, 2.75) is 174 Å². The number of amides is 1. The minimum Gasteiger partial charge on any atom is -0.465 e. The topological polar surface area (TPSA) is 257 Å². The lowest BCUT2D eigenvalue weighted by Gasteiger charge is -2.42. The monoisotopic (exact) mass is 1070 g/mol. The number of fused-ring (bicyclic) bond motifs is 2. The highest BCUT2D eigenvalue weighted by Gasteiger charge is 2.52. The first-order valence-corrected chi connectivity index (χ1v) is 27.7. The highest BCUT2D eigenvalue weighted by Crippen LogP contribution is 2.37. The van der Waals surface area contributed by atoms with Crippen LogP contribution in [0.2, 0.25) is 0 Å². The molecule has 3 N–H and O–H groups in total. The number of ether oxygens (including phenoxy) is 7. The molecule has 2 heterocycles. The van der Waals surface area contributed by atoms with Gasteiger partial charge in [-0.05, 0) is 103 Å². The van der Waals surface area contributed by atoms with Crippen LogP contribution in [0.1, 0.15) is 120 Å². The van der Waals surface area contributed by atoms with Gasteiger partial charge >= 0.3 is 11.9 Å². The number of aliphatic hydroxyl groups is 2. The van der Waals surface area contributed by atoms with Gasteiger partial charge in [0, 0.05) is 58.6 Å². The molecule has 2 aliphatic heterocycles. The molecule has 0 aromatic carbocycles. The van der Waals surface area contributed by atoms with E-state index >= 15 is 0 Å². The van der Waals surface area contributed by atoms with Gasteiger partial charge in [-0.1, -0.05) is 69.7 Å². The molecule has 0 radical (unpaired) electrons. The number of Topliss-reactive ketones (excluding diaryl/α,β-unsaturated/α-hetero) is 3. The molecule has 19 nitrogen and oxygen atoms in total. The Hall–Kier alpha value is -3.99. The molecule has 0 aromatic rings. The molecule has 2 bridgehead atoms. The van der Waals surface area contributed by atoms with E-state index in [1.165, 1.54) is 28.0 Å². The Bertz CT molecular complexity index is 2120. The summed E-state index contributed by atoms with van der Waals surface area (Å²) in [5, 5.41) is 23.4. The molecule has 1 aliphatic carbocycles.